The third-order valence-corrected chi connectivity index (χ3v) is 4.29. The van der Waals surface area contributed by atoms with Gasteiger partial charge in [-0.25, -0.2) is 15.0 Å². The number of rotatable bonds is 5. The van der Waals surface area contributed by atoms with Gasteiger partial charge in [0.15, 0.2) is 5.82 Å². The fourth-order valence-corrected chi connectivity index (χ4v) is 2.95. The van der Waals surface area contributed by atoms with Crippen molar-refractivity contribution in [2.24, 2.45) is 4.99 Å². The van der Waals surface area contributed by atoms with Crippen LogP contribution in [0, 0.1) is 0 Å². The van der Waals surface area contributed by atoms with Crippen LogP contribution in [0.15, 0.2) is 17.3 Å². The first-order valence-electron chi connectivity index (χ1n) is 8.56. The average Bonchev–Trinajstić information content (AvgIpc) is 3.13. The lowest BCUT2D eigenvalue weighted by atomic mass is 10.1. The molecule has 1 atom stereocenters. The molecule has 0 spiro atoms. The van der Waals surface area contributed by atoms with E-state index in [9.17, 15) is 0 Å². The van der Waals surface area contributed by atoms with E-state index in [1.807, 2.05) is 13.0 Å². The number of nitrogens with zero attached hydrogens (tertiary/aromatic N) is 4. The highest BCUT2D eigenvalue weighted by atomic mass is 16.5. The summed E-state index contributed by atoms with van der Waals surface area (Å²) in [5.41, 5.74) is 10.1. The second-order valence-corrected chi connectivity index (χ2v) is 5.96. The van der Waals surface area contributed by atoms with E-state index in [1.165, 1.54) is 0 Å². The topological polar surface area (TPSA) is 98.3 Å². The number of ether oxygens (including phenoxy) is 1. The zero-order chi connectivity index (χ0) is 17.8. The molecule has 25 heavy (non-hydrogen) atoms. The van der Waals surface area contributed by atoms with Crippen LogP contribution in [0.3, 0.4) is 0 Å². The lowest BCUT2D eigenvalue weighted by molar-refractivity contribution is 0.195. The molecular weight excluding hydrogens is 316 g/mol. The van der Waals surface area contributed by atoms with Gasteiger partial charge in [0.25, 0.3) is 0 Å². The minimum Gasteiger partial charge on any atom is -0.382 e. The summed E-state index contributed by atoms with van der Waals surface area (Å²) in [5, 5.41) is 3.48. The van der Waals surface area contributed by atoms with Crippen LogP contribution in [-0.2, 0) is 11.2 Å². The van der Waals surface area contributed by atoms with Crippen molar-refractivity contribution in [3.8, 4) is 0 Å². The van der Waals surface area contributed by atoms with Crippen LogP contribution in [0.25, 0.3) is 16.6 Å². The van der Waals surface area contributed by atoms with Gasteiger partial charge in [0.05, 0.1) is 18.3 Å². The Hall–Kier alpha value is -2.54. The SMILES string of the molecule is C/C=C(\C=NC)c1cnc(N)c2nc(CC)c(NC3CCOC3)nc12. The number of aliphatic imine (C=N–C) groups is 1. The van der Waals surface area contributed by atoms with Gasteiger partial charge < -0.3 is 15.8 Å². The second-order valence-electron chi connectivity index (χ2n) is 5.96. The maximum atomic E-state index is 6.07. The zero-order valence-electron chi connectivity index (χ0n) is 14.9. The molecule has 0 amide bonds. The Bertz CT molecular complexity index is 824. The van der Waals surface area contributed by atoms with Gasteiger partial charge in [-0.2, -0.15) is 0 Å². The normalized spacial score (nSPS) is 18.4. The van der Waals surface area contributed by atoms with Gasteiger partial charge >= 0.3 is 0 Å². The van der Waals surface area contributed by atoms with E-state index in [1.54, 1.807) is 19.5 Å². The summed E-state index contributed by atoms with van der Waals surface area (Å²) in [7, 11) is 1.74. The molecule has 132 valence electrons. The monoisotopic (exact) mass is 340 g/mol. The van der Waals surface area contributed by atoms with E-state index in [2.05, 4.69) is 22.2 Å². The maximum Gasteiger partial charge on any atom is 0.151 e. The van der Waals surface area contributed by atoms with E-state index in [0.717, 1.165) is 47.6 Å². The molecule has 1 unspecified atom stereocenters. The number of aromatic nitrogens is 3. The van der Waals surface area contributed by atoms with Crippen LogP contribution in [-0.4, -0.2) is 47.5 Å². The number of anilines is 2. The number of fused-ring (bicyclic) bond motifs is 1. The largest absolute Gasteiger partial charge is 0.382 e. The first kappa shape index (κ1) is 17.3. The van der Waals surface area contributed by atoms with Crippen molar-refractivity contribution >= 4 is 34.5 Å². The van der Waals surface area contributed by atoms with Crippen molar-refractivity contribution in [2.45, 2.75) is 32.7 Å². The fourth-order valence-electron chi connectivity index (χ4n) is 2.95. The van der Waals surface area contributed by atoms with Crippen LogP contribution in [0.2, 0.25) is 0 Å². The minimum absolute atomic E-state index is 0.262. The van der Waals surface area contributed by atoms with Crippen molar-refractivity contribution < 1.29 is 4.74 Å². The number of hydrogen-bond donors (Lipinski definition) is 2. The summed E-state index contributed by atoms with van der Waals surface area (Å²) in [4.78, 5) is 18.0. The first-order chi connectivity index (χ1) is 12.2. The van der Waals surface area contributed by atoms with Gasteiger partial charge in [0.2, 0.25) is 0 Å². The maximum absolute atomic E-state index is 6.07. The van der Waals surface area contributed by atoms with Crippen molar-refractivity contribution in [1.29, 1.82) is 0 Å². The Labute approximate surface area is 147 Å². The van der Waals surface area contributed by atoms with Crippen LogP contribution in [0.1, 0.15) is 31.5 Å². The summed E-state index contributed by atoms with van der Waals surface area (Å²) in [6, 6.07) is 0.262. The molecule has 3 heterocycles. The van der Waals surface area contributed by atoms with Crippen molar-refractivity contribution in [2.75, 3.05) is 31.3 Å². The lowest BCUT2D eigenvalue weighted by Gasteiger charge is -2.16. The lowest BCUT2D eigenvalue weighted by Crippen LogP contribution is -2.21. The molecule has 1 saturated heterocycles. The Kier molecular flexibility index (Phi) is 5.23. The summed E-state index contributed by atoms with van der Waals surface area (Å²) in [6.07, 6.45) is 7.23. The smallest absolute Gasteiger partial charge is 0.151 e. The Morgan fingerprint density at radius 3 is 2.92 bits per heavy atom. The highest BCUT2D eigenvalue weighted by Crippen LogP contribution is 2.28. The average molecular weight is 340 g/mol. The number of nitrogens with one attached hydrogen (secondary N) is 1. The van der Waals surface area contributed by atoms with Crippen LogP contribution in [0.4, 0.5) is 11.6 Å². The molecule has 3 rings (SSSR count). The van der Waals surface area contributed by atoms with Gasteiger partial charge in [-0.1, -0.05) is 13.0 Å². The first-order valence-corrected chi connectivity index (χ1v) is 8.56. The van der Waals surface area contributed by atoms with Gasteiger partial charge in [-0.05, 0) is 25.3 Å². The molecule has 2 aromatic rings. The number of aryl methyl sites for hydroxylation is 1. The van der Waals surface area contributed by atoms with E-state index < -0.39 is 0 Å². The zero-order valence-corrected chi connectivity index (χ0v) is 14.9. The van der Waals surface area contributed by atoms with Gasteiger partial charge in [-0.3, -0.25) is 4.99 Å². The summed E-state index contributed by atoms with van der Waals surface area (Å²) < 4.78 is 5.45. The highest BCUT2D eigenvalue weighted by Gasteiger charge is 2.20. The second kappa shape index (κ2) is 7.57. The Balaban J connectivity index is 2.16. The number of allylic oxidation sites excluding steroid dienone is 2. The van der Waals surface area contributed by atoms with E-state index >= 15 is 0 Å². The molecule has 0 aliphatic carbocycles. The van der Waals surface area contributed by atoms with Crippen LogP contribution in [0.5, 0.6) is 0 Å². The Morgan fingerprint density at radius 1 is 1.44 bits per heavy atom. The standard InChI is InChI=1S/C18H24N6O/c1-4-11(8-20-3)13-9-21-17(19)16-15(13)24-18(14(5-2)23-16)22-12-6-7-25-10-12/h4,8-9,12H,5-7,10H2,1-3H3,(H2,19,21)(H,22,24)/b11-4+,20-8?. The van der Waals surface area contributed by atoms with Gasteiger partial charge in [0.1, 0.15) is 16.9 Å². The van der Waals surface area contributed by atoms with Gasteiger partial charge in [0, 0.05) is 31.6 Å². The van der Waals surface area contributed by atoms with E-state index in [0.29, 0.717) is 17.9 Å². The highest BCUT2D eigenvalue weighted by molar-refractivity contribution is 6.14. The third-order valence-electron chi connectivity index (χ3n) is 4.29. The summed E-state index contributed by atoms with van der Waals surface area (Å²) >= 11 is 0. The molecule has 0 saturated carbocycles. The van der Waals surface area contributed by atoms with Crippen LogP contribution >= 0.6 is 0 Å². The Morgan fingerprint density at radius 2 is 2.28 bits per heavy atom. The molecule has 1 aliphatic rings. The fraction of sp³-hybridized carbons (Fsp3) is 0.444. The molecule has 3 N–H and O–H groups in total. The number of nitrogen functional groups attached to an aromatic ring is 1. The number of hydrogen-bond acceptors (Lipinski definition) is 7. The quantitative estimate of drug-likeness (QED) is 0.811. The van der Waals surface area contributed by atoms with Crippen molar-refractivity contribution in [1.82, 2.24) is 15.0 Å². The molecule has 0 bridgehead atoms. The molecule has 0 radical (unpaired) electrons. The van der Waals surface area contributed by atoms with Gasteiger partial charge in [-0.15, -0.1) is 0 Å². The van der Waals surface area contributed by atoms with Crippen LogP contribution < -0.4 is 11.1 Å². The summed E-state index contributed by atoms with van der Waals surface area (Å²) in [5.74, 6) is 1.18. The molecule has 1 fully saturated rings. The predicted molar refractivity (Wildman–Crippen MR) is 102 cm³/mol. The molecule has 7 nitrogen and oxygen atoms in total. The van der Waals surface area contributed by atoms with E-state index in [-0.39, 0.29) is 6.04 Å². The molecule has 7 heteroatoms. The van der Waals surface area contributed by atoms with Crippen molar-refractivity contribution in [3.63, 3.8) is 0 Å². The third kappa shape index (κ3) is 3.46. The van der Waals surface area contributed by atoms with Crippen molar-refractivity contribution in [3.05, 3.63) is 23.5 Å². The minimum atomic E-state index is 0.262. The molecule has 0 aromatic carbocycles. The number of nitrogens with two attached hydrogens (primary N) is 1. The molecular formula is C18H24N6O. The molecule has 2 aromatic heterocycles. The molecule has 1 aliphatic heterocycles. The van der Waals surface area contributed by atoms with E-state index in [4.69, 9.17) is 20.4 Å². The number of pyridine rings is 1. The predicted octanol–water partition coefficient (Wildman–Crippen LogP) is 2.47. The summed E-state index contributed by atoms with van der Waals surface area (Å²) in [6.45, 7) is 5.48.